The Hall–Kier alpha value is -2.53. The Morgan fingerprint density at radius 2 is 1.96 bits per heavy atom. The maximum Gasteiger partial charge on any atom is 0.574 e. The summed E-state index contributed by atoms with van der Waals surface area (Å²) >= 11 is 0. The van der Waals surface area contributed by atoms with Crippen molar-refractivity contribution in [2.24, 2.45) is 5.92 Å². The van der Waals surface area contributed by atoms with E-state index in [1.807, 2.05) is 5.32 Å². The molecule has 2 aromatic heterocycles. The van der Waals surface area contributed by atoms with Crippen molar-refractivity contribution in [2.45, 2.75) is 38.3 Å². The van der Waals surface area contributed by atoms with E-state index in [0.717, 1.165) is 12.4 Å². The van der Waals surface area contributed by atoms with Gasteiger partial charge >= 0.3 is 12.5 Å². The number of carbonyl (C=O) groups excluding carboxylic acids is 1. The Morgan fingerprint density at radius 3 is 2.50 bits per heavy atom. The van der Waals surface area contributed by atoms with Crippen LogP contribution in [-0.4, -0.2) is 38.9 Å². The monoisotopic (exact) mass is 382 g/mol. The highest BCUT2D eigenvalue weighted by Gasteiger charge is 2.50. The van der Waals surface area contributed by atoms with Gasteiger partial charge in [0.25, 0.3) is 5.91 Å². The molecular weight excluding hydrogens is 370 g/mol. The zero-order chi connectivity index (χ0) is 19.3. The molecule has 1 aliphatic rings. The number of alkyl halides is 6. The molecule has 1 saturated carbocycles. The van der Waals surface area contributed by atoms with E-state index in [-0.39, 0.29) is 11.3 Å². The molecule has 26 heavy (non-hydrogen) atoms. The number of aryl methyl sites for hydroxylation is 1. The minimum atomic E-state index is -5.01. The highest BCUT2D eigenvalue weighted by Crippen LogP contribution is 2.40. The van der Waals surface area contributed by atoms with E-state index in [4.69, 9.17) is 0 Å². The molecule has 2 aromatic rings. The predicted octanol–water partition coefficient (Wildman–Crippen LogP) is 3.01. The molecule has 0 spiro atoms. The SMILES string of the molecule is Cc1cc(OC(F)(F)F)nc2c(C(=O)NC(C3CC3)C(F)(F)F)ncn12. The number of hydrogen-bond donors (Lipinski definition) is 1. The van der Waals surface area contributed by atoms with Gasteiger partial charge in [-0.05, 0) is 25.7 Å². The molecule has 1 atom stereocenters. The maximum absolute atomic E-state index is 13.0. The van der Waals surface area contributed by atoms with Crippen LogP contribution in [0.15, 0.2) is 12.4 Å². The molecule has 1 unspecified atom stereocenters. The summed E-state index contributed by atoms with van der Waals surface area (Å²) < 4.78 is 81.1. The highest BCUT2D eigenvalue weighted by atomic mass is 19.4. The van der Waals surface area contributed by atoms with Gasteiger partial charge < -0.3 is 10.1 Å². The first kappa shape index (κ1) is 18.3. The first-order chi connectivity index (χ1) is 12.0. The van der Waals surface area contributed by atoms with E-state index in [1.54, 1.807) is 0 Å². The van der Waals surface area contributed by atoms with E-state index in [0.29, 0.717) is 12.8 Å². The van der Waals surface area contributed by atoms with Crippen LogP contribution in [0.5, 0.6) is 5.88 Å². The molecular formula is C14H12F6N4O2. The topological polar surface area (TPSA) is 68.5 Å². The van der Waals surface area contributed by atoms with Crippen molar-refractivity contribution in [1.82, 2.24) is 19.7 Å². The van der Waals surface area contributed by atoms with Crippen LogP contribution < -0.4 is 10.1 Å². The molecule has 1 aliphatic carbocycles. The zero-order valence-corrected chi connectivity index (χ0v) is 13.1. The Labute approximate surface area is 142 Å². The average Bonchev–Trinajstić information content (AvgIpc) is 3.20. The van der Waals surface area contributed by atoms with Crippen molar-refractivity contribution in [3.63, 3.8) is 0 Å². The van der Waals surface area contributed by atoms with Gasteiger partial charge in [0.15, 0.2) is 11.3 Å². The predicted molar refractivity (Wildman–Crippen MR) is 74.4 cm³/mol. The van der Waals surface area contributed by atoms with Gasteiger partial charge in [-0.3, -0.25) is 9.20 Å². The van der Waals surface area contributed by atoms with Gasteiger partial charge in [0.2, 0.25) is 5.88 Å². The van der Waals surface area contributed by atoms with Gasteiger partial charge in [0.1, 0.15) is 12.4 Å². The summed E-state index contributed by atoms with van der Waals surface area (Å²) in [6, 6.07) is -1.07. The quantitative estimate of drug-likeness (QED) is 0.826. The molecule has 0 bridgehead atoms. The third-order valence-electron chi connectivity index (χ3n) is 3.84. The van der Waals surface area contributed by atoms with Crippen LogP contribution in [0.1, 0.15) is 29.0 Å². The van der Waals surface area contributed by atoms with E-state index >= 15 is 0 Å². The van der Waals surface area contributed by atoms with Crippen molar-refractivity contribution < 1.29 is 35.9 Å². The minimum absolute atomic E-state index is 0.204. The third kappa shape index (κ3) is 3.83. The number of rotatable bonds is 4. The van der Waals surface area contributed by atoms with Gasteiger partial charge in [0.05, 0.1) is 0 Å². The second-order valence-electron chi connectivity index (χ2n) is 5.90. The van der Waals surface area contributed by atoms with Crippen LogP contribution in [0, 0.1) is 12.8 Å². The third-order valence-corrected chi connectivity index (χ3v) is 3.84. The fourth-order valence-electron chi connectivity index (χ4n) is 2.53. The molecule has 0 aromatic carbocycles. The summed E-state index contributed by atoms with van der Waals surface area (Å²) in [7, 11) is 0. The number of imidazole rings is 1. The van der Waals surface area contributed by atoms with E-state index < -0.39 is 42.0 Å². The number of amides is 1. The average molecular weight is 382 g/mol. The molecule has 3 rings (SSSR count). The van der Waals surface area contributed by atoms with Crippen LogP contribution in [0.3, 0.4) is 0 Å². The van der Waals surface area contributed by atoms with E-state index in [9.17, 15) is 31.1 Å². The Bertz CT molecular complexity index is 840. The molecule has 2 heterocycles. The smallest absolute Gasteiger partial charge is 0.388 e. The fraction of sp³-hybridized carbons (Fsp3) is 0.500. The van der Waals surface area contributed by atoms with Crippen LogP contribution in [0.2, 0.25) is 0 Å². The van der Waals surface area contributed by atoms with Gasteiger partial charge in [-0.15, -0.1) is 13.2 Å². The lowest BCUT2D eigenvalue weighted by atomic mass is 10.1. The van der Waals surface area contributed by atoms with Crippen molar-refractivity contribution in [3.05, 3.63) is 23.8 Å². The molecule has 1 amide bonds. The van der Waals surface area contributed by atoms with E-state index in [1.165, 1.54) is 11.3 Å². The van der Waals surface area contributed by atoms with Crippen LogP contribution in [-0.2, 0) is 0 Å². The number of nitrogens with zero attached hydrogens (tertiary/aromatic N) is 3. The van der Waals surface area contributed by atoms with Gasteiger partial charge in [-0.1, -0.05) is 0 Å². The van der Waals surface area contributed by atoms with Gasteiger partial charge in [-0.25, -0.2) is 4.98 Å². The summed E-state index contributed by atoms with van der Waals surface area (Å²) in [5.41, 5.74) is -0.649. The molecule has 1 fully saturated rings. The Balaban J connectivity index is 1.93. The highest BCUT2D eigenvalue weighted by molar-refractivity contribution is 5.98. The number of carbonyl (C=O) groups is 1. The summed E-state index contributed by atoms with van der Waals surface area (Å²) in [4.78, 5) is 19.5. The normalized spacial score (nSPS) is 16.6. The number of fused-ring (bicyclic) bond motifs is 1. The standard InChI is InChI=1S/C14H12F6N4O2/c1-6-4-8(26-14(18,19)20)22-11-9(21-5-24(6)11)12(25)23-10(7-2-3-7)13(15,16)17/h4-5,7,10H,2-3H2,1H3,(H,23,25). The second-order valence-corrected chi connectivity index (χ2v) is 5.90. The largest absolute Gasteiger partial charge is 0.574 e. The summed E-state index contributed by atoms with van der Waals surface area (Å²) in [6.45, 7) is 1.41. The first-order valence-electron chi connectivity index (χ1n) is 7.44. The number of aromatic nitrogens is 3. The molecule has 0 saturated heterocycles. The molecule has 12 heteroatoms. The van der Waals surface area contributed by atoms with Crippen molar-refractivity contribution in [2.75, 3.05) is 0 Å². The van der Waals surface area contributed by atoms with Crippen LogP contribution in [0.4, 0.5) is 26.3 Å². The fourth-order valence-corrected chi connectivity index (χ4v) is 2.53. The summed E-state index contributed by atoms with van der Waals surface area (Å²) in [6.07, 6.45) is -7.90. The number of halogens is 6. The van der Waals surface area contributed by atoms with Crippen LogP contribution in [0.25, 0.3) is 5.65 Å². The minimum Gasteiger partial charge on any atom is -0.388 e. The van der Waals surface area contributed by atoms with Gasteiger partial charge in [-0.2, -0.15) is 18.2 Å². The Kier molecular flexibility index (Phi) is 4.23. The zero-order valence-electron chi connectivity index (χ0n) is 13.1. The van der Waals surface area contributed by atoms with Crippen molar-refractivity contribution >= 4 is 11.6 Å². The van der Waals surface area contributed by atoms with Crippen molar-refractivity contribution in [3.8, 4) is 5.88 Å². The summed E-state index contributed by atoms with van der Waals surface area (Å²) in [5, 5.41) is 1.86. The molecule has 1 N–H and O–H groups in total. The Morgan fingerprint density at radius 1 is 1.31 bits per heavy atom. The summed E-state index contributed by atoms with van der Waals surface area (Å²) in [5.74, 6) is -2.73. The molecule has 6 nitrogen and oxygen atoms in total. The second kappa shape index (κ2) is 6.02. The van der Waals surface area contributed by atoms with Crippen LogP contribution >= 0.6 is 0 Å². The van der Waals surface area contributed by atoms with Gasteiger partial charge in [0, 0.05) is 11.8 Å². The maximum atomic E-state index is 13.0. The van der Waals surface area contributed by atoms with E-state index in [2.05, 4.69) is 14.7 Å². The van der Waals surface area contributed by atoms with Crippen molar-refractivity contribution in [1.29, 1.82) is 0 Å². The molecule has 0 radical (unpaired) electrons. The number of hydrogen-bond acceptors (Lipinski definition) is 4. The lowest BCUT2D eigenvalue weighted by molar-refractivity contribution is -0.276. The number of nitrogens with one attached hydrogen (secondary N) is 1. The molecule has 142 valence electrons. The lowest BCUT2D eigenvalue weighted by Crippen LogP contribution is -2.47. The molecule has 0 aliphatic heterocycles. The number of ether oxygens (including phenoxy) is 1. The lowest BCUT2D eigenvalue weighted by Gasteiger charge is -2.20. The first-order valence-corrected chi connectivity index (χ1v) is 7.44.